The zero-order valence-electron chi connectivity index (χ0n) is 41.8. The molecule has 0 fully saturated rings. The first-order valence-electron chi connectivity index (χ1n) is 23.9. The SMILES string of the molecule is CN[C@@](Cc1cc(-c2ccc(OCc3ccccc3)c(C[C@H](NC(=O)OCc3ccccc3)C(=O)OCC[Si](C)(C)C)c2)ccc1OCc1ccccc1)(C(=O)OCc1ccccc1)C(=O)OC(C)(C)C. The van der Waals surface area contributed by atoms with Gasteiger partial charge in [-0.05, 0) is 103 Å². The molecular weight excluding hydrogens is 913 g/mol. The van der Waals surface area contributed by atoms with Crippen molar-refractivity contribution in [3.05, 3.63) is 191 Å². The molecule has 372 valence electrons. The van der Waals surface area contributed by atoms with E-state index < -0.39 is 49.3 Å². The summed E-state index contributed by atoms with van der Waals surface area (Å²) in [4.78, 5) is 56.3. The maximum absolute atomic E-state index is 14.4. The first kappa shape index (κ1) is 53.1. The Morgan fingerprint density at radius 1 is 0.549 bits per heavy atom. The van der Waals surface area contributed by atoms with Gasteiger partial charge in [0.2, 0.25) is 5.54 Å². The Morgan fingerprint density at radius 2 is 1.00 bits per heavy atom. The molecule has 0 heterocycles. The van der Waals surface area contributed by atoms with E-state index >= 15 is 0 Å². The molecule has 1 amide bonds. The van der Waals surface area contributed by atoms with E-state index in [1.54, 1.807) is 26.8 Å². The number of nitrogens with one attached hydrogen (secondary N) is 2. The Morgan fingerprint density at radius 3 is 1.46 bits per heavy atom. The van der Waals surface area contributed by atoms with E-state index in [-0.39, 0.29) is 45.9 Å². The van der Waals surface area contributed by atoms with Gasteiger partial charge < -0.3 is 33.7 Å². The predicted octanol–water partition coefficient (Wildman–Crippen LogP) is 10.8. The monoisotopic (exact) mass is 978 g/mol. The van der Waals surface area contributed by atoms with Gasteiger partial charge in [0.1, 0.15) is 49.6 Å². The van der Waals surface area contributed by atoms with E-state index in [2.05, 4.69) is 30.3 Å². The lowest BCUT2D eigenvalue weighted by molar-refractivity contribution is -0.174. The molecule has 0 radical (unpaired) electrons. The zero-order valence-corrected chi connectivity index (χ0v) is 42.8. The molecule has 0 aliphatic carbocycles. The van der Waals surface area contributed by atoms with Crippen LogP contribution in [0, 0.1) is 0 Å². The van der Waals surface area contributed by atoms with Gasteiger partial charge in [-0.15, -0.1) is 0 Å². The average Bonchev–Trinajstić information content (AvgIpc) is 3.35. The number of carbonyl (C=O) groups excluding carboxylic acids is 4. The summed E-state index contributed by atoms with van der Waals surface area (Å²) in [5.41, 5.74) is 2.95. The highest BCUT2D eigenvalue weighted by Gasteiger charge is 2.50. The van der Waals surface area contributed by atoms with E-state index in [1.165, 1.54) is 7.05 Å². The summed E-state index contributed by atoms with van der Waals surface area (Å²) in [7, 11) is -0.0486. The third kappa shape index (κ3) is 16.4. The summed E-state index contributed by atoms with van der Waals surface area (Å²) < 4.78 is 36.2. The summed E-state index contributed by atoms with van der Waals surface area (Å²) in [6, 6.07) is 48.6. The summed E-state index contributed by atoms with van der Waals surface area (Å²) >= 11 is 0. The molecule has 2 N–H and O–H groups in total. The predicted molar refractivity (Wildman–Crippen MR) is 277 cm³/mol. The van der Waals surface area contributed by atoms with Crippen LogP contribution in [0.15, 0.2) is 158 Å². The number of benzene rings is 6. The van der Waals surface area contributed by atoms with Gasteiger partial charge in [-0.2, -0.15) is 0 Å². The van der Waals surface area contributed by atoms with Crippen LogP contribution in [0.2, 0.25) is 25.7 Å². The zero-order chi connectivity index (χ0) is 50.9. The van der Waals surface area contributed by atoms with Crippen LogP contribution in [-0.4, -0.2) is 62.9 Å². The third-order valence-corrected chi connectivity index (χ3v) is 13.1. The largest absolute Gasteiger partial charge is 0.489 e. The number of likely N-dealkylation sites (N-methyl/N-ethyl adjacent to an activating group) is 1. The number of esters is 3. The van der Waals surface area contributed by atoms with Crippen LogP contribution < -0.4 is 20.1 Å². The van der Waals surface area contributed by atoms with Gasteiger partial charge in [0.05, 0.1) is 6.61 Å². The minimum Gasteiger partial charge on any atom is -0.489 e. The Labute approximate surface area is 419 Å². The molecule has 13 heteroatoms. The van der Waals surface area contributed by atoms with Crippen molar-refractivity contribution in [2.45, 2.75) is 103 Å². The van der Waals surface area contributed by atoms with Crippen molar-refractivity contribution < 1.29 is 47.6 Å². The molecule has 2 atom stereocenters. The molecule has 0 unspecified atom stereocenters. The highest BCUT2D eigenvalue weighted by molar-refractivity contribution is 6.76. The fourth-order valence-corrected chi connectivity index (χ4v) is 8.18. The van der Waals surface area contributed by atoms with Crippen molar-refractivity contribution in [1.29, 1.82) is 0 Å². The van der Waals surface area contributed by atoms with Crippen LogP contribution in [0.25, 0.3) is 11.1 Å². The van der Waals surface area contributed by atoms with Crippen LogP contribution in [0.3, 0.4) is 0 Å². The lowest BCUT2D eigenvalue weighted by Crippen LogP contribution is -2.61. The normalized spacial score (nSPS) is 12.7. The number of rotatable bonds is 23. The van der Waals surface area contributed by atoms with Crippen LogP contribution >= 0.6 is 0 Å². The number of hydrogen-bond acceptors (Lipinski definition) is 11. The fraction of sp³-hybridized carbons (Fsp3) is 0.310. The van der Waals surface area contributed by atoms with Crippen molar-refractivity contribution in [3.8, 4) is 22.6 Å². The molecule has 0 bridgehead atoms. The van der Waals surface area contributed by atoms with Gasteiger partial charge in [-0.3, -0.25) is 5.32 Å². The first-order chi connectivity index (χ1) is 34.0. The smallest absolute Gasteiger partial charge is 0.408 e. The van der Waals surface area contributed by atoms with Crippen molar-refractivity contribution in [3.63, 3.8) is 0 Å². The number of alkyl carbamates (subject to hydrolysis) is 1. The minimum absolute atomic E-state index is 0.00584. The Bertz CT molecular complexity index is 2670. The quantitative estimate of drug-likeness (QED) is 0.0274. The summed E-state index contributed by atoms with van der Waals surface area (Å²) in [6.07, 6.45) is -1.00. The Kier molecular flexibility index (Phi) is 18.8. The van der Waals surface area contributed by atoms with Crippen LogP contribution in [0.5, 0.6) is 11.5 Å². The van der Waals surface area contributed by atoms with Gasteiger partial charge in [-0.1, -0.05) is 153 Å². The standard InChI is InChI=1S/C58H66N2O10Si/c1-57(2,3)70-55(63)58(59-4,54(62)68-40-44-24-16-10-17-25-44)37-49-35-47(29-31-52(49)67-39-43-22-14-9-15-23-43)46-28-30-51(66-38-42-20-12-8-13-21-42)48(34-46)36-50(53(61)65-32-33-71(5,6)7)60-56(64)69-41-45-26-18-11-19-27-45/h8-31,34-35,50,59H,32-33,36-41H2,1-7H3,(H,60,64)/t50-,58-/m0/s1. The fourth-order valence-electron chi connectivity index (χ4n) is 7.46. The molecule has 0 spiro atoms. The van der Waals surface area contributed by atoms with Gasteiger partial charge in [-0.25, -0.2) is 19.2 Å². The van der Waals surface area contributed by atoms with Crippen LogP contribution in [0.1, 0.15) is 54.2 Å². The average molecular weight is 979 g/mol. The topological polar surface area (TPSA) is 148 Å². The first-order valence-corrected chi connectivity index (χ1v) is 27.6. The van der Waals surface area contributed by atoms with Crippen molar-refractivity contribution >= 4 is 32.1 Å². The van der Waals surface area contributed by atoms with Crippen molar-refractivity contribution in [1.82, 2.24) is 10.6 Å². The Balaban J connectivity index is 1.41. The molecule has 12 nitrogen and oxygen atoms in total. The van der Waals surface area contributed by atoms with Gasteiger partial charge in [0.25, 0.3) is 0 Å². The second-order valence-electron chi connectivity index (χ2n) is 19.5. The molecule has 0 aliphatic rings. The van der Waals surface area contributed by atoms with Gasteiger partial charge in [0.15, 0.2) is 0 Å². The summed E-state index contributed by atoms with van der Waals surface area (Å²) in [6.45, 7) is 12.4. The molecule has 6 aromatic rings. The van der Waals surface area contributed by atoms with E-state index in [0.717, 1.165) is 28.3 Å². The highest BCUT2D eigenvalue weighted by atomic mass is 28.3. The van der Waals surface area contributed by atoms with Crippen LogP contribution in [0.4, 0.5) is 4.79 Å². The molecular formula is C58H66N2O10Si. The maximum atomic E-state index is 14.4. The van der Waals surface area contributed by atoms with E-state index in [4.69, 9.17) is 28.4 Å². The second kappa shape index (κ2) is 25.1. The molecule has 0 aliphatic heterocycles. The second-order valence-corrected chi connectivity index (χ2v) is 25.2. The van der Waals surface area contributed by atoms with E-state index in [9.17, 15) is 19.2 Å². The van der Waals surface area contributed by atoms with E-state index in [1.807, 2.05) is 152 Å². The molecule has 6 rings (SSSR count). The van der Waals surface area contributed by atoms with Gasteiger partial charge >= 0.3 is 24.0 Å². The molecule has 0 saturated carbocycles. The van der Waals surface area contributed by atoms with Crippen LogP contribution in [-0.2, 0) is 72.6 Å². The lowest BCUT2D eigenvalue weighted by atomic mass is 9.88. The molecule has 71 heavy (non-hydrogen) atoms. The Hall–Kier alpha value is -7.22. The lowest BCUT2D eigenvalue weighted by Gasteiger charge is -2.33. The third-order valence-electron chi connectivity index (χ3n) is 11.4. The molecule has 0 aromatic heterocycles. The van der Waals surface area contributed by atoms with Crippen molar-refractivity contribution in [2.75, 3.05) is 13.7 Å². The minimum atomic E-state index is -2.00. The summed E-state index contributed by atoms with van der Waals surface area (Å²) in [5, 5.41) is 5.79. The molecule has 0 saturated heterocycles. The summed E-state index contributed by atoms with van der Waals surface area (Å²) in [5.74, 6) is -1.33. The number of amides is 1. The maximum Gasteiger partial charge on any atom is 0.408 e. The highest BCUT2D eigenvalue weighted by Crippen LogP contribution is 2.35. The molecule has 6 aromatic carbocycles. The number of hydrogen-bond donors (Lipinski definition) is 2. The number of ether oxygens (including phenoxy) is 6. The van der Waals surface area contributed by atoms with E-state index in [0.29, 0.717) is 33.8 Å². The van der Waals surface area contributed by atoms with Crippen molar-refractivity contribution in [2.24, 2.45) is 0 Å². The van der Waals surface area contributed by atoms with Gasteiger partial charge in [0, 0.05) is 20.9 Å². The number of carbonyl (C=O) groups is 4.